The zero-order valence-electron chi connectivity index (χ0n) is 11.9. The summed E-state index contributed by atoms with van der Waals surface area (Å²) in [5.41, 5.74) is 15.5. The first kappa shape index (κ1) is 13.4. The van der Waals surface area contributed by atoms with E-state index in [-0.39, 0.29) is 5.82 Å². The number of rotatable bonds is 1. The molecule has 2 aromatic carbocycles. The predicted molar refractivity (Wildman–Crippen MR) is 85.4 cm³/mol. The van der Waals surface area contributed by atoms with Crippen molar-refractivity contribution in [2.24, 2.45) is 0 Å². The fourth-order valence-electron chi connectivity index (χ4n) is 2.45. The lowest BCUT2D eigenvalue weighted by molar-refractivity contribution is 0.629. The Hall–Kier alpha value is -2.62. The third-order valence-electron chi connectivity index (χ3n) is 3.70. The average molecular weight is 281 g/mol. The summed E-state index contributed by atoms with van der Waals surface area (Å²) in [6.45, 7) is 3.77. The van der Waals surface area contributed by atoms with Crippen LogP contribution in [0.4, 0.5) is 15.9 Å². The number of nitrogens with two attached hydrogens (primary N) is 2. The minimum atomic E-state index is -0.313. The Morgan fingerprint density at radius 2 is 1.71 bits per heavy atom. The smallest absolute Gasteiger partial charge is 0.132 e. The first-order valence-electron chi connectivity index (χ1n) is 6.69. The van der Waals surface area contributed by atoms with E-state index in [0.717, 1.165) is 21.9 Å². The van der Waals surface area contributed by atoms with Gasteiger partial charge in [-0.15, -0.1) is 0 Å². The highest BCUT2D eigenvalue weighted by Crippen LogP contribution is 2.32. The van der Waals surface area contributed by atoms with Gasteiger partial charge in [0, 0.05) is 22.0 Å². The summed E-state index contributed by atoms with van der Waals surface area (Å²) < 4.78 is 14.1. The minimum Gasteiger partial charge on any atom is -0.398 e. The maximum absolute atomic E-state index is 14.1. The van der Waals surface area contributed by atoms with Crippen LogP contribution >= 0.6 is 0 Å². The van der Waals surface area contributed by atoms with Crippen molar-refractivity contribution in [3.05, 3.63) is 53.3 Å². The van der Waals surface area contributed by atoms with Crippen LogP contribution in [0.15, 0.2) is 36.4 Å². The van der Waals surface area contributed by atoms with Crippen LogP contribution in [0.2, 0.25) is 0 Å². The second kappa shape index (κ2) is 4.74. The van der Waals surface area contributed by atoms with Gasteiger partial charge in [0.15, 0.2) is 0 Å². The lowest BCUT2D eigenvalue weighted by atomic mass is 10.0. The minimum absolute atomic E-state index is 0.313. The van der Waals surface area contributed by atoms with Crippen LogP contribution in [0.5, 0.6) is 0 Å². The van der Waals surface area contributed by atoms with Crippen molar-refractivity contribution >= 4 is 22.3 Å². The van der Waals surface area contributed by atoms with Gasteiger partial charge in [0.1, 0.15) is 11.6 Å². The number of aromatic nitrogens is 1. The van der Waals surface area contributed by atoms with Crippen LogP contribution in [0.1, 0.15) is 11.1 Å². The first-order chi connectivity index (χ1) is 9.97. The zero-order chi connectivity index (χ0) is 15.1. The monoisotopic (exact) mass is 281 g/mol. The number of benzene rings is 2. The number of anilines is 2. The van der Waals surface area contributed by atoms with Gasteiger partial charge in [-0.05, 0) is 43.2 Å². The molecule has 1 heterocycles. The van der Waals surface area contributed by atoms with Crippen molar-refractivity contribution in [3.63, 3.8) is 0 Å². The van der Waals surface area contributed by atoms with Crippen LogP contribution in [-0.4, -0.2) is 4.98 Å². The normalized spacial score (nSPS) is 11.0. The number of pyridine rings is 1. The van der Waals surface area contributed by atoms with Gasteiger partial charge >= 0.3 is 0 Å². The molecule has 0 amide bonds. The molecule has 0 unspecified atom stereocenters. The Morgan fingerprint density at radius 3 is 2.43 bits per heavy atom. The molecule has 3 rings (SSSR count). The molecule has 0 saturated heterocycles. The van der Waals surface area contributed by atoms with Crippen LogP contribution in [0.3, 0.4) is 0 Å². The van der Waals surface area contributed by atoms with Crippen LogP contribution < -0.4 is 11.5 Å². The molecule has 0 atom stereocenters. The molecular weight excluding hydrogens is 265 g/mol. The fraction of sp³-hybridized carbons (Fsp3) is 0.118. The van der Waals surface area contributed by atoms with E-state index in [1.165, 1.54) is 6.07 Å². The van der Waals surface area contributed by atoms with Crippen molar-refractivity contribution < 1.29 is 4.39 Å². The van der Waals surface area contributed by atoms with E-state index in [2.05, 4.69) is 4.98 Å². The number of hydrogen-bond donors (Lipinski definition) is 2. The van der Waals surface area contributed by atoms with Crippen LogP contribution in [-0.2, 0) is 0 Å². The highest BCUT2D eigenvalue weighted by atomic mass is 19.1. The van der Waals surface area contributed by atoms with Crippen molar-refractivity contribution in [1.82, 2.24) is 4.98 Å². The maximum Gasteiger partial charge on any atom is 0.132 e. The Morgan fingerprint density at radius 1 is 0.952 bits per heavy atom. The lowest BCUT2D eigenvalue weighted by Gasteiger charge is -2.11. The topological polar surface area (TPSA) is 64.9 Å². The van der Waals surface area contributed by atoms with Gasteiger partial charge in [-0.3, -0.25) is 0 Å². The molecule has 0 bridgehead atoms. The van der Waals surface area contributed by atoms with E-state index in [4.69, 9.17) is 11.5 Å². The summed E-state index contributed by atoms with van der Waals surface area (Å²) in [5.74, 6) is 0.0432. The van der Waals surface area contributed by atoms with Crippen LogP contribution in [0, 0.1) is 19.7 Å². The molecule has 0 radical (unpaired) electrons. The van der Waals surface area contributed by atoms with E-state index >= 15 is 0 Å². The molecule has 3 nitrogen and oxygen atoms in total. The van der Waals surface area contributed by atoms with Gasteiger partial charge in [0.2, 0.25) is 0 Å². The molecule has 4 heteroatoms. The zero-order valence-corrected chi connectivity index (χ0v) is 11.9. The Balaban J connectivity index is 2.31. The molecule has 0 fully saturated rings. The summed E-state index contributed by atoms with van der Waals surface area (Å²) in [5, 5.41) is 1.59. The van der Waals surface area contributed by atoms with Gasteiger partial charge in [-0.2, -0.15) is 0 Å². The molecule has 0 aliphatic rings. The van der Waals surface area contributed by atoms with Gasteiger partial charge in [0.05, 0.1) is 5.69 Å². The third kappa shape index (κ3) is 2.18. The molecular formula is C17H16FN3. The van der Waals surface area contributed by atoms with Crippen molar-refractivity contribution in [3.8, 4) is 11.3 Å². The number of fused-ring (bicyclic) bond motifs is 1. The van der Waals surface area contributed by atoms with Gasteiger partial charge in [-0.25, -0.2) is 9.37 Å². The molecule has 0 aliphatic carbocycles. The standard InChI is InChI=1S/C17H16FN3/c1-9-3-5-12(14(18)7-9)15-8-13-11(17(20)21-15)6-4-10(2)16(13)19/h3-8H,19H2,1-2H3,(H2,20,21). The second-order valence-corrected chi connectivity index (χ2v) is 5.27. The average Bonchev–Trinajstić information content (AvgIpc) is 2.43. The van der Waals surface area contributed by atoms with E-state index < -0.39 is 0 Å². The summed E-state index contributed by atoms with van der Waals surface area (Å²) >= 11 is 0. The van der Waals surface area contributed by atoms with E-state index in [1.54, 1.807) is 12.1 Å². The number of nitrogens with zero attached hydrogens (tertiary/aromatic N) is 1. The Labute approximate surface area is 122 Å². The summed E-state index contributed by atoms with van der Waals surface area (Å²) in [7, 11) is 0. The van der Waals surface area contributed by atoms with E-state index in [9.17, 15) is 4.39 Å². The van der Waals surface area contributed by atoms with Crippen molar-refractivity contribution in [2.75, 3.05) is 11.5 Å². The Bertz CT molecular complexity index is 856. The molecule has 0 spiro atoms. The SMILES string of the molecule is Cc1ccc(-c2cc3c(N)c(C)ccc3c(N)n2)c(F)c1. The highest BCUT2D eigenvalue weighted by Gasteiger charge is 2.12. The summed E-state index contributed by atoms with van der Waals surface area (Å²) in [6, 6.07) is 10.6. The Kier molecular flexibility index (Phi) is 3.01. The molecule has 0 saturated carbocycles. The number of aryl methyl sites for hydroxylation is 2. The second-order valence-electron chi connectivity index (χ2n) is 5.27. The largest absolute Gasteiger partial charge is 0.398 e. The highest BCUT2D eigenvalue weighted by molar-refractivity contribution is 6.01. The molecule has 106 valence electrons. The molecule has 4 N–H and O–H groups in total. The molecule has 1 aromatic heterocycles. The van der Waals surface area contributed by atoms with Crippen molar-refractivity contribution in [2.45, 2.75) is 13.8 Å². The number of hydrogen-bond acceptors (Lipinski definition) is 3. The maximum atomic E-state index is 14.1. The van der Waals surface area contributed by atoms with Gasteiger partial charge in [-0.1, -0.05) is 18.2 Å². The quantitative estimate of drug-likeness (QED) is 0.666. The summed E-state index contributed by atoms with van der Waals surface area (Å²) in [4.78, 5) is 4.32. The van der Waals surface area contributed by atoms with Gasteiger partial charge < -0.3 is 11.5 Å². The molecule has 0 aliphatic heterocycles. The number of halogens is 1. The summed E-state index contributed by atoms with van der Waals surface area (Å²) in [6.07, 6.45) is 0. The first-order valence-corrected chi connectivity index (χ1v) is 6.69. The van der Waals surface area contributed by atoms with Crippen LogP contribution in [0.25, 0.3) is 22.0 Å². The number of nitrogen functional groups attached to an aromatic ring is 2. The molecule has 3 aromatic rings. The van der Waals surface area contributed by atoms with Gasteiger partial charge in [0.25, 0.3) is 0 Å². The third-order valence-corrected chi connectivity index (χ3v) is 3.70. The lowest BCUT2D eigenvalue weighted by Crippen LogP contribution is -1.99. The predicted octanol–water partition coefficient (Wildman–Crippen LogP) is 3.82. The van der Waals surface area contributed by atoms with E-state index in [1.807, 2.05) is 32.0 Å². The van der Waals surface area contributed by atoms with E-state index in [0.29, 0.717) is 22.8 Å². The fourth-order valence-corrected chi connectivity index (χ4v) is 2.45. The van der Waals surface area contributed by atoms with Crippen molar-refractivity contribution in [1.29, 1.82) is 0 Å². The molecule has 21 heavy (non-hydrogen) atoms.